The van der Waals surface area contributed by atoms with E-state index in [0.29, 0.717) is 10.9 Å². The van der Waals surface area contributed by atoms with Crippen LogP contribution in [0.4, 0.5) is 4.79 Å². The number of amides is 2. The molecule has 1 saturated heterocycles. The van der Waals surface area contributed by atoms with E-state index in [2.05, 4.69) is 12.1 Å². The summed E-state index contributed by atoms with van der Waals surface area (Å²) in [7, 11) is 0. The van der Waals surface area contributed by atoms with Crippen LogP contribution in [-0.4, -0.2) is 29.5 Å². The molecule has 2 fully saturated rings. The highest BCUT2D eigenvalue weighted by molar-refractivity contribution is 6.30. The van der Waals surface area contributed by atoms with Crippen LogP contribution < -0.4 is 5.73 Å². The molecule has 1 heterocycles. The van der Waals surface area contributed by atoms with E-state index >= 15 is 0 Å². The van der Waals surface area contributed by atoms with Gasteiger partial charge in [-0.25, -0.2) is 4.79 Å². The summed E-state index contributed by atoms with van der Waals surface area (Å²) < 4.78 is 5.17. The van der Waals surface area contributed by atoms with Crippen LogP contribution in [0.1, 0.15) is 29.5 Å². The summed E-state index contributed by atoms with van der Waals surface area (Å²) in [5, 5.41) is 0.614. The number of nitrogens with two attached hydrogens (primary N) is 1. The van der Waals surface area contributed by atoms with Crippen molar-refractivity contribution < 1.29 is 14.3 Å². The van der Waals surface area contributed by atoms with Crippen molar-refractivity contribution in [1.82, 2.24) is 4.90 Å². The average molecular weight is 371 g/mol. The molecule has 4 rings (SSSR count). The lowest BCUT2D eigenvalue weighted by atomic mass is 9.97. The van der Waals surface area contributed by atoms with Gasteiger partial charge in [0.1, 0.15) is 0 Å². The third-order valence-corrected chi connectivity index (χ3v) is 5.39. The first-order valence-corrected chi connectivity index (χ1v) is 8.99. The predicted molar refractivity (Wildman–Crippen MR) is 97.7 cm³/mol. The third-order valence-electron chi connectivity index (χ3n) is 5.16. The fourth-order valence-corrected chi connectivity index (χ4v) is 4.05. The Hall–Kier alpha value is -2.53. The largest absolute Gasteiger partial charge is 0.434 e. The first kappa shape index (κ1) is 16.9. The van der Waals surface area contributed by atoms with E-state index in [1.54, 1.807) is 11.0 Å². The molecule has 1 saturated carbocycles. The monoisotopic (exact) mass is 370 g/mol. The van der Waals surface area contributed by atoms with Crippen molar-refractivity contribution in [1.29, 1.82) is 0 Å². The minimum Gasteiger partial charge on any atom is -0.434 e. The van der Waals surface area contributed by atoms with E-state index in [9.17, 15) is 9.59 Å². The van der Waals surface area contributed by atoms with E-state index in [-0.39, 0.29) is 18.5 Å². The number of ether oxygens (including phenoxy) is 1. The number of carbonyl (C=O) groups is 2. The maximum absolute atomic E-state index is 12.4. The van der Waals surface area contributed by atoms with Crippen LogP contribution in [0, 0.1) is 5.92 Å². The molecule has 1 aliphatic heterocycles. The molecule has 0 bridgehead atoms. The highest BCUT2D eigenvalue weighted by atomic mass is 35.5. The lowest BCUT2D eigenvalue weighted by molar-refractivity contribution is -0.124. The van der Waals surface area contributed by atoms with E-state index in [4.69, 9.17) is 22.1 Å². The first-order chi connectivity index (χ1) is 12.5. The fraction of sp³-hybridized carbons (Fsp3) is 0.300. The Morgan fingerprint density at radius 3 is 2.62 bits per heavy atom. The summed E-state index contributed by atoms with van der Waals surface area (Å²) in [5.74, 6) is -0.0169. The van der Waals surface area contributed by atoms with Gasteiger partial charge in [-0.2, -0.15) is 0 Å². The van der Waals surface area contributed by atoms with Gasteiger partial charge >= 0.3 is 6.09 Å². The molecular weight excluding hydrogens is 352 g/mol. The van der Waals surface area contributed by atoms with Gasteiger partial charge in [0.15, 0.2) is 6.10 Å². The molecule has 1 unspecified atom stereocenters. The molecular formula is C20H19ClN2O3. The predicted octanol–water partition coefficient (Wildman–Crippen LogP) is 3.49. The highest BCUT2D eigenvalue weighted by Crippen LogP contribution is 2.56. The topological polar surface area (TPSA) is 72.6 Å². The molecule has 2 aromatic carbocycles. The average Bonchev–Trinajstić information content (AvgIpc) is 3.32. The molecule has 134 valence electrons. The molecule has 0 spiro atoms. The smallest absolute Gasteiger partial charge is 0.411 e. The number of benzene rings is 2. The fourth-order valence-electron chi connectivity index (χ4n) is 3.85. The van der Waals surface area contributed by atoms with Crippen LogP contribution in [0.3, 0.4) is 0 Å². The van der Waals surface area contributed by atoms with Gasteiger partial charge in [-0.1, -0.05) is 54.1 Å². The van der Waals surface area contributed by atoms with Gasteiger partial charge in [0.25, 0.3) is 5.91 Å². The molecule has 5 nitrogen and oxygen atoms in total. The van der Waals surface area contributed by atoms with E-state index in [1.165, 1.54) is 5.56 Å². The second-order valence-electron chi connectivity index (χ2n) is 6.84. The van der Waals surface area contributed by atoms with Crippen molar-refractivity contribution in [2.45, 2.75) is 24.5 Å². The van der Waals surface area contributed by atoms with Crippen LogP contribution in [0.2, 0.25) is 5.02 Å². The molecule has 26 heavy (non-hydrogen) atoms. The number of rotatable bonds is 5. The van der Waals surface area contributed by atoms with Gasteiger partial charge in [-0.05, 0) is 41.5 Å². The molecule has 1 aliphatic carbocycles. The second-order valence-corrected chi connectivity index (χ2v) is 7.28. The molecule has 4 atom stereocenters. The minimum atomic E-state index is -0.905. The van der Waals surface area contributed by atoms with Crippen LogP contribution in [0.5, 0.6) is 0 Å². The quantitative estimate of drug-likeness (QED) is 0.875. The van der Waals surface area contributed by atoms with Crippen molar-refractivity contribution in [3.05, 3.63) is 70.7 Å². The van der Waals surface area contributed by atoms with Crippen LogP contribution >= 0.6 is 11.6 Å². The number of hydrogen-bond donors (Lipinski definition) is 1. The van der Waals surface area contributed by atoms with Crippen LogP contribution in [0.15, 0.2) is 54.6 Å². The Balaban J connectivity index is 1.65. The van der Waals surface area contributed by atoms with Crippen LogP contribution in [-0.2, 0) is 9.53 Å². The van der Waals surface area contributed by atoms with E-state index in [1.807, 2.05) is 36.4 Å². The number of primary amides is 1. The lowest BCUT2D eigenvalue weighted by Gasteiger charge is -2.27. The zero-order valence-corrected chi connectivity index (χ0v) is 14.8. The summed E-state index contributed by atoms with van der Waals surface area (Å²) in [4.78, 5) is 25.5. The molecule has 0 radical (unpaired) electrons. The van der Waals surface area contributed by atoms with Crippen molar-refractivity contribution in [3.63, 3.8) is 0 Å². The molecule has 2 aliphatic rings. The SMILES string of the molecule is NC(=O)C1CN([C@@H](c2cccc(Cl)c2)[C@@H]2C[C@H]2c2ccccc2)C(=O)O1. The zero-order valence-electron chi connectivity index (χ0n) is 14.0. The zero-order chi connectivity index (χ0) is 18.3. The molecule has 2 amide bonds. The molecule has 6 heteroatoms. The van der Waals surface area contributed by atoms with Crippen molar-refractivity contribution in [3.8, 4) is 0 Å². The van der Waals surface area contributed by atoms with Crippen LogP contribution in [0.25, 0.3) is 0 Å². The Morgan fingerprint density at radius 2 is 1.96 bits per heavy atom. The summed E-state index contributed by atoms with van der Waals surface area (Å²) in [6, 6.07) is 17.6. The number of cyclic esters (lactones) is 1. The number of hydrogen-bond acceptors (Lipinski definition) is 3. The summed E-state index contributed by atoms with van der Waals surface area (Å²) >= 11 is 6.18. The van der Waals surface area contributed by atoms with Crippen molar-refractivity contribution >= 4 is 23.6 Å². The number of carbonyl (C=O) groups excluding carboxylic acids is 2. The summed E-state index contributed by atoms with van der Waals surface area (Å²) in [5.41, 5.74) is 7.53. The molecule has 0 aromatic heterocycles. The normalized spacial score (nSPS) is 25.7. The third kappa shape index (κ3) is 3.15. The maximum Gasteiger partial charge on any atom is 0.411 e. The number of halogens is 1. The summed E-state index contributed by atoms with van der Waals surface area (Å²) in [6.07, 6.45) is -0.442. The Kier molecular flexibility index (Phi) is 4.32. The van der Waals surface area contributed by atoms with Gasteiger partial charge in [0, 0.05) is 5.02 Å². The Bertz CT molecular complexity index is 842. The van der Waals surface area contributed by atoms with Crippen molar-refractivity contribution in [2.75, 3.05) is 6.54 Å². The summed E-state index contributed by atoms with van der Waals surface area (Å²) in [6.45, 7) is 0.170. The Labute approximate surface area is 156 Å². The van der Waals surface area contributed by atoms with Gasteiger partial charge in [-0.3, -0.25) is 9.69 Å². The van der Waals surface area contributed by atoms with E-state index in [0.717, 1.165) is 12.0 Å². The van der Waals surface area contributed by atoms with Gasteiger partial charge in [0.2, 0.25) is 0 Å². The second kappa shape index (κ2) is 6.65. The Morgan fingerprint density at radius 1 is 1.19 bits per heavy atom. The number of nitrogens with zero attached hydrogens (tertiary/aromatic N) is 1. The standard InChI is InChI=1S/C20H19ClN2O3/c21-14-8-4-7-13(9-14)18(23-11-17(19(22)24)26-20(23)25)16-10-15(16)12-5-2-1-3-6-12/h1-9,15-18H,10-11H2,(H2,22,24)/t15-,16+,17?,18-/m0/s1. The maximum atomic E-state index is 12.4. The van der Waals surface area contributed by atoms with Crippen molar-refractivity contribution in [2.24, 2.45) is 11.7 Å². The highest BCUT2D eigenvalue weighted by Gasteiger charge is 2.51. The molecule has 2 aromatic rings. The van der Waals surface area contributed by atoms with Gasteiger partial charge in [-0.15, -0.1) is 0 Å². The molecule has 2 N–H and O–H groups in total. The van der Waals surface area contributed by atoms with Gasteiger partial charge < -0.3 is 10.5 Å². The first-order valence-electron chi connectivity index (χ1n) is 8.61. The lowest BCUT2D eigenvalue weighted by Crippen LogP contribution is -2.35. The minimum absolute atomic E-state index is 0.170. The van der Waals surface area contributed by atoms with Gasteiger partial charge in [0.05, 0.1) is 12.6 Å². The van der Waals surface area contributed by atoms with E-state index < -0.39 is 18.1 Å².